The Morgan fingerprint density at radius 2 is 1.83 bits per heavy atom. The highest BCUT2D eigenvalue weighted by atomic mass is 16.5. The van der Waals surface area contributed by atoms with Gasteiger partial charge in [-0.05, 0) is 43.7 Å². The first-order valence-corrected chi connectivity index (χ1v) is 12.3. The number of ether oxygens (including phenoxy) is 3. The van der Waals surface area contributed by atoms with Crippen LogP contribution in [-0.2, 0) is 22.5 Å². The van der Waals surface area contributed by atoms with Gasteiger partial charge in [-0.1, -0.05) is 12.1 Å². The number of amides is 2. The van der Waals surface area contributed by atoms with E-state index in [9.17, 15) is 9.59 Å². The van der Waals surface area contributed by atoms with Gasteiger partial charge in [-0.25, -0.2) is 4.98 Å². The van der Waals surface area contributed by atoms with Crippen LogP contribution < -0.4 is 14.8 Å². The number of aryl methyl sites for hydroxylation is 2. The number of carbonyl (C=O) groups is 2. The number of imidazole rings is 1. The first-order chi connectivity index (χ1) is 17.6. The Morgan fingerprint density at radius 1 is 1.03 bits per heavy atom. The van der Waals surface area contributed by atoms with Crippen molar-refractivity contribution in [2.24, 2.45) is 0 Å². The highest BCUT2D eigenvalue weighted by Crippen LogP contribution is 2.29. The number of aromatic nitrogens is 2. The summed E-state index contributed by atoms with van der Waals surface area (Å²) in [5.74, 6) is 1.60. The van der Waals surface area contributed by atoms with Gasteiger partial charge in [-0.15, -0.1) is 0 Å². The first kappa shape index (κ1) is 23.9. The van der Waals surface area contributed by atoms with Gasteiger partial charge in [0.1, 0.15) is 5.82 Å². The van der Waals surface area contributed by atoms with Gasteiger partial charge in [0.25, 0.3) is 11.8 Å². The lowest BCUT2D eigenvalue weighted by Gasteiger charge is -2.26. The van der Waals surface area contributed by atoms with Gasteiger partial charge in [0.2, 0.25) is 0 Å². The Labute approximate surface area is 210 Å². The zero-order valence-electron chi connectivity index (χ0n) is 20.4. The van der Waals surface area contributed by atoms with Gasteiger partial charge in [-0.2, -0.15) is 0 Å². The molecule has 0 saturated carbocycles. The monoisotopic (exact) mass is 490 g/mol. The Hall–Kier alpha value is -3.85. The maximum atomic E-state index is 12.9. The summed E-state index contributed by atoms with van der Waals surface area (Å²) >= 11 is 0. The Balaban J connectivity index is 1.22. The first-order valence-electron chi connectivity index (χ1n) is 12.3. The normalized spacial score (nSPS) is 14.9. The molecule has 0 unspecified atom stereocenters. The largest absolute Gasteiger partial charge is 0.490 e. The lowest BCUT2D eigenvalue weighted by Crippen LogP contribution is -2.43. The number of nitrogens with one attached hydrogen (secondary N) is 1. The molecule has 36 heavy (non-hydrogen) atoms. The lowest BCUT2D eigenvalue weighted by atomic mass is 10.1. The summed E-state index contributed by atoms with van der Waals surface area (Å²) in [6.07, 6.45) is 4.26. The predicted molar refractivity (Wildman–Crippen MR) is 134 cm³/mol. The van der Waals surface area contributed by atoms with E-state index in [-0.39, 0.29) is 18.4 Å². The molecule has 0 spiro atoms. The third-order valence-electron chi connectivity index (χ3n) is 6.32. The molecule has 2 aliphatic rings. The summed E-state index contributed by atoms with van der Waals surface area (Å²) < 4.78 is 18.9. The van der Waals surface area contributed by atoms with Crippen molar-refractivity contribution in [2.45, 2.75) is 26.3 Å². The van der Waals surface area contributed by atoms with Crippen LogP contribution in [0.3, 0.4) is 0 Å². The van der Waals surface area contributed by atoms with Gasteiger partial charge in [0, 0.05) is 49.1 Å². The van der Waals surface area contributed by atoms with Crippen LogP contribution in [0.1, 0.15) is 29.5 Å². The van der Waals surface area contributed by atoms with E-state index in [0.29, 0.717) is 55.7 Å². The van der Waals surface area contributed by atoms with Crippen molar-refractivity contribution >= 4 is 17.5 Å². The van der Waals surface area contributed by atoms with Gasteiger partial charge < -0.3 is 29.0 Å². The highest BCUT2D eigenvalue weighted by molar-refractivity contribution is 6.04. The molecule has 1 saturated heterocycles. The Kier molecular flexibility index (Phi) is 7.18. The van der Waals surface area contributed by atoms with Crippen molar-refractivity contribution in [2.75, 3.05) is 44.8 Å². The van der Waals surface area contributed by atoms with E-state index < -0.39 is 0 Å². The summed E-state index contributed by atoms with van der Waals surface area (Å²) in [4.78, 5) is 31.7. The van der Waals surface area contributed by atoms with Crippen LogP contribution in [0.2, 0.25) is 0 Å². The van der Waals surface area contributed by atoms with Crippen LogP contribution >= 0.6 is 0 Å². The molecule has 0 aliphatic carbocycles. The standard InChI is InChI=1S/C27H30N4O5/c1-2-35-24-16-20(7-10-23(24)36-18-26(32)30-12-14-34-15-13-30)27(33)28-21-8-5-19(6-9-21)22-17-31-11-3-4-25(31)29-22/h5-10,16-17H,2-4,11-15,18H2,1H3,(H,28,33). The maximum absolute atomic E-state index is 12.9. The third kappa shape index (κ3) is 5.36. The average Bonchev–Trinajstić information content (AvgIpc) is 3.52. The minimum absolute atomic E-state index is 0.0995. The fourth-order valence-corrected chi connectivity index (χ4v) is 4.40. The zero-order chi connectivity index (χ0) is 24.9. The van der Waals surface area contributed by atoms with Crippen molar-refractivity contribution < 1.29 is 23.8 Å². The number of nitrogens with zero attached hydrogens (tertiary/aromatic N) is 3. The minimum atomic E-state index is -0.263. The molecule has 0 atom stereocenters. The van der Waals surface area contributed by atoms with Crippen molar-refractivity contribution in [3.05, 3.63) is 60.0 Å². The Bertz CT molecular complexity index is 1210. The van der Waals surface area contributed by atoms with Crippen LogP contribution in [-0.4, -0.2) is 65.8 Å². The molecule has 0 radical (unpaired) electrons. The van der Waals surface area contributed by atoms with E-state index in [1.807, 2.05) is 31.2 Å². The van der Waals surface area contributed by atoms with Crippen LogP contribution in [0.4, 0.5) is 5.69 Å². The summed E-state index contributed by atoms with van der Waals surface area (Å²) in [5.41, 5.74) is 3.08. The van der Waals surface area contributed by atoms with E-state index in [4.69, 9.17) is 19.2 Å². The molecule has 1 N–H and O–H groups in total. The zero-order valence-corrected chi connectivity index (χ0v) is 20.4. The van der Waals surface area contributed by atoms with Crippen LogP contribution in [0, 0.1) is 0 Å². The molecular formula is C27H30N4O5. The molecule has 1 fully saturated rings. The predicted octanol–water partition coefficient (Wildman–Crippen LogP) is 3.38. The van der Waals surface area contributed by atoms with E-state index in [1.54, 1.807) is 23.1 Å². The van der Waals surface area contributed by atoms with Gasteiger partial charge in [-0.3, -0.25) is 9.59 Å². The van der Waals surface area contributed by atoms with Gasteiger partial charge >= 0.3 is 0 Å². The van der Waals surface area contributed by atoms with Crippen LogP contribution in [0.25, 0.3) is 11.3 Å². The third-order valence-corrected chi connectivity index (χ3v) is 6.32. The average molecular weight is 491 g/mol. The van der Waals surface area contributed by atoms with Crippen LogP contribution in [0.5, 0.6) is 11.5 Å². The fraction of sp³-hybridized carbons (Fsp3) is 0.370. The molecule has 1 aromatic heterocycles. The summed E-state index contributed by atoms with van der Waals surface area (Å²) in [6, 6.07) is 12.6. The second kappa shape index (κ2) is 10.8. The van der Waals surface area contributed by atoms with Gasteiger partial charge in [0.15, 0.2) is 18.1 Å². The maximum Gasteiger partial charge on any atom is 0.260 e. The molecule has 9 nitrogen and oxygen atoms in total. The van der Waals surface area contributed by atoms with Crippen molar-refractivity contribution in [1.82, 2.24) is 14.5 Å². The topological polar surface area (TPSA) is 94.9 Å². The quantitative estimate of drug-likeness (QED) is 0.520. The minimum Gasteiger partial charge on any atom is -0.490 e. The lowest BCUT2D eigenvalue weighted by molar-refractivity contribution is -0.137. The molecule has 3 heterocycles. The molecule has 3 aromatic rings. The highest BCUT2D eigenvalue weighted by Gasteiger charge is 2.19. The summed E-state index contributed by atoms with van der Waals surface area (Å²) in [6.45, 7) is 5.37. The molecule has 9 heteroatoms. The van der Waals surface area contributed by atoms with Crippen molar-refractivity contribution in [3.63, 3.8) is 0 Å². The second-order valence-corrected chi connectivity index (χ2v) is 8.75. The number of fused-ring (bicyclic) bond motifs is 1. The van der Waals surface area contributed by atoms with Crippen molar-refractivity contribution in [1.29, 1.82) is 0 Å². The molecule has 2 aliphatic heterocycles. The number of hydrogen-bond acceptors (Lipinski definition) is 6. The second-order valence-electron chi connectivity index (χ2n) is 8.75. The molecule has 188 valence electrons. The van der Waals surface area contributed by atoms with Crippen molar-refractivity contribution in [3.8, 4) is 22.8 Å². The summed E-state index contributed by atoms with van der Waals surface area (Å²) in [5, 5.41) is 2.92. The molecule has 0 bridgehead atoms. The van der Waals surface area contributed by atoms with E-state index >= 15 is 0 Å². The van der Waals surface area contributed by atoms with E-state index in [0.717, 1.165) is 36.5 Å². The SMILES string of the molecule is CCOc1cc(C(=O)Nc2ccc(-c3cn4c(n3)CCC4)cc2)ccc1OCC(=O)N1CCOCC1. The molecular weight excluding hydrogens is 460 g/mol. The molecule has 5 rings (SSSR count). The van der Waals surface area contributed by atoms with Crippen LogP contribution in [0.15, 0.2) is 48.7 Å². The van der Waals surface area contributed by atoms with Gasteiger partial charge in [0.05, 0.1) is 25.5 Å². The number of benzene rings is 2. The smallest absolute Gasteiger partial charge is 0.260 e. The Morgan fingerprint density at radius 3 is 2.58 bits per heavy atom. The van der Waals surface area contributed by atoms with E-state index in [1.165, 1.54) is 0 Å². The summed E-state index contributed by atoms with van der Waals surface area (Å²) in [7, 11) is 0. The molecule has 2 aromatic carbocycles. The number of anilines is 1. The number of morpholine rings is 1. The number of rotatable bonds is 8. The number of carbonyl (C=O) groups excluding carboxylic acids is 2. The fourth-order valence-electron chi connectivity index (χ4n) is 4.40. The molecule has 2 amide bonds. The number of hydrogen-bond donors (Lipinski definition) is 1. The van der Waals surface area contributed by atoms with E-state index in [2.05, 4.69) is 16.1 Å².